The maximum atomic E-state index is 13.3. The number of nitrogens with one attached hydrogen (secondary N) is 2. The molecule has 2 rings (SSSR count). The highest BCUT2D eigenvalue weighted by Crippen LogP contribution is 2.15. The predicted molar refractivity (Wildman–Crippen MR) is 93.6 cm³/mol. The fourth-order valence-corrected chi connectivity index (χ4v) is 2.61. The van der Waals surface area contributed by atoms with Crippen LogP contribution >= 0.6 is 0 Å². The third-order valence-corrected chi connectivity index (χ3v) is 4.16. The average Bonchev–Trinajstić information content (AvgIpc) is 3.12. The summed E-state index contributed by atoms with van der Waals surface area (Å²) in [7, 11) is 1.67. The van der Waals surface area contributed by atoms with Crippen LogP contribution in [-0.2, 0) is 9.47 Å². The van der Waals surface area contributed by atoms with Crippen molar-refractivity contribution in [1.29, 1.82) is 0 Å². The summed E-state index contributed by atoms with van der Waals surface area (Å²) in [6, 6.07) is 3.69. The van der Waals surface area contributed by atoms with Crippen LogP contribution in [0, 0.1) is 17.6 Å². The molecule has 0 spiro atoms. The van der Waals surface area contributed by atoms with Crippen molar-refractivity contribution >= 4 is 5.96 Å². The van der Waals surface area contributed by atoms with Gasteiger partial charge in [0.2, 0.25) is 0 Å². The van der Waals surface area contributed by atoms with Crippen LogP contribution in [0.15, 0.2) is 23.2 Å². The molecule has 2 N–H and O–H groups in total. The molecule has 1 aromatic rings. The second-order valence-corrected chi connectivity index (χ2v) is 6.20. The first kappa shape index (κ1) is 19.6. The Morgan fingerprint density at radius 1 is 1.40 bits per heavy atom. The third-order valence-electron chi connectivity index (χ3n) is 4.16. The van der Waals surface area contributed by atoms with E-state index < -0.39 is 11.6 Å². The van der Waals surface area contributed by atoms with E-state index in [0.29, 0.717) is 30.6 Å². The van der Waals surface area contributed by atoms with E-state index in [0.717, 1.165) is 38.7 Å². The molecule has 2 atom stereocenters. The summed E-state index contributed by atoms with van der Waals surface area (Å²) in [5.41, 5.74) is 0.656. The van der Waals surface area contributed by atoms with Gasteiger partial charge in [-0.2, -0.15) is 0 Å². The summed E-state index contributed by atoms with van der Waals surface area (Å²) in [5.74, 6) is -0.553. The van der Waals surface area contributed by atoms with Crippen molar-refractivity contribution in [1.82, 2.24) is 10.6 Å². The first-order valence-corrected chi connectivity index (χ1v) is 8.67. The van der Waals surface area contributed by atoms with E-state index in [2.05, 4.69) is 15.6 Å². The van der Waals surface area contributed by atoms with Crippen LogP contribution in [0.3, 0.4) is 0 Å². The monoisotopic (exact) mass is 355 g/mol. The Bertz CT molecular complexity index is 563. The summed E-state index contributed by atoms with van der Waals surface area (Å²) in [4.78, 5) is 4.14. The highest BCUT2D eigenvalue weighted by molar-refractivity contribution is 5.80. The summed E-state index contributed by atoms with van der Waals surface area (Å²) >= 11 is 0. The first-order valence-electron chi connectivity index (χ1n) is 8.67. The van der Waals surface area contributed by atoms with E-state index in [1.54, 1.807) is 13.1 Å². The highest BCUT2D eigenvalue weighted by Gasteiger charge is 2.15. The Kier molecular flexibility index (Phi) is 8.08. The first-order chi connectivity index (χ1) is 12.1. The summed E-state index contributed by atoms with van der Waals surface area (Å²) in [6.45, 7) is 5.65. The summed E-state index contributed by atoms with van der Waals surface area (Å²) < 4.78 is 37.3. The number of nitrogens with zero attached hydrogens (tertiary/aromatic N) is 1. The number of halogens is 2. The van der Waals surface area contributed by atoms with Crippen molar-refractivity contribution in [2.24, 2.45) is 10.9 Å². The van der Waals surface area contributed by atoms with Gasteiger partial charge in [-0.05, 0) is 37.5 Å². The quantitative estimate of drug-likeness (QED) is 0.428. The molecule has 0 amide bonds. The lowest BCUT2D eigenvalue weighted by Crippen LogP contribution is -2.39. The minimum absolute atomic E-state index is 0.195. The lowest BCUT2D eigenvalue weighted by atomic mass is 10.1. The SMILES string of the molecule is CN=C(NCCCOCC1CCOC1)NC(C)c1ccc(F)c(F)c1. The number of aliphatic imine (C=N–C) groups is 1. The lowest BCUT2D eigenvalue weighted by molar-refractivity contribution is 0.0888. The summed E-state index contributed by atoms with van der Waals surface area (Å²) in [6.07, 6.45) is 1.94. The molecule has 1 aliphatic heterocycles. The fraction of sp³-hybridized carbons (Fsp3) is 0.611. The van der Waals surface area contributed by atoms with Crippen molar-refractivity contribution in [2.75, 3.05) is 40.0 Å². The standard InChI is InChI=1S/C18H27F2N3O2/c1-13(15-4-5-16(19)17(20)10-15)23-18(21-2)22-7-3-8-24-11-14-6-9-25-12-14/h4-5,10,13-14H,3,6-9,11-12H2,1-2H3,(H2,21,22,23). The molecule has 5 nitrogen and oxygen atoms in total. The topological polar surface area (TPSA) is 54.9 Å². The number of benzene rings is 1. The van der Waals surface area contributed by atoms with Gasteiger partial charge in [0.1, 0.15) is 0 Å². The molecule has 1 saturated heterocycles. The van der Waals surface area contributed by atoms with E-state index in [-0.39, 0.29) is 6.04 Å². The Hall–Kier alpha value is -1.73. The van der Waals surface area contributed by atoms with Gasteiger partial charge >= 0.3 is 0 Å². The van der Waals surface area contributed by atoms with Crippen LogP contribution in [-0.4, -0.2) is 46.0 Å². The molecule has 1 heterocycles. The van der Waals surface area contributed by atoms with E-state index >= 15 is 0 Å². The van der Waals surface area contributed by atoms with Crippen molar-refractivity contribution in [3.63, 3.8) is 0 Å². The molecule has 7 heteroatoms. The smallest absolute Gasteiger partial charge is 0.191 e. The van der Waals surface area contributed by atoms with E-state index in [4.69, 9.17) is 9.47 Å². The zero-order chi connectivity index (χ0) is 18.1. The van der Waals surface area contributed by atoms with Gasteiger partial charge < -0.3 is 20.1 Å². The van der Waals surface area contributed by atoms with Crippen molar-refractivity contribution in [3.05, 3.63) is 35.4 Å². The van der Waals surface area contributed by atoms with Gasteiger partial charge in [0, 0.05) is 32.7 Å². The fourth-order valence-electron chi connectivity index (χ4n) is 2.61. The minimum atomic E-state index is -0.848. The van der Waals surface area contributed by atoms with Gasteiger partial charge in [-0.15, -0.1) is 0 Å². The molecule has 1 aliphatic rings. The molecular weight excluding hydrogens is 328 g/mol. The molecule has 0 aliphatic carbocycles. The molecule has 0 saturated carbocycles. The zero-order valence-corrected chi connectivity index (χ0v) is 14.9. The average molecular weight is 355 g/mol. The van der Waals surface area contributed by atoms with E-state index in [9.17, 15) is 8.78 Å². The largest absolute Gasteiger partial charge is 0.381 e. The molecule has 1 aromatic carbocycles. The van der Waals surface area contributed by atoms with Crippen LogP contribution in [0.1, 0.15) is 31.4 Å². The second kappa shape index (κ2) is 10.3. The molecule has 140 valence electrons. The van der Waals surface area contributed by atoms with Crippen molar-refractivity contribution < 1.29 is 18.3 Å². The maximum absolute atomic E-state index is 13.3. The third kappa shape index (κ3) is 6.59. The molecule has 1 fully saturated rings. The number of ether oxygens (including phenoxy) is 2. The van der Waals surface area contributed by atoms with Gasteiger partial charge in [0.05, 0.1) is 19.3 Å². The maximum Gasteiger partial charge on any atom is 0.191 e. The van der Waals surface area contributed by atoms with Crippen LogP contribution < -0.4 is 10.6 Å². The minimum Gasteiger partial charge on any atom is -0.381 e. The van der Waals surface area contributed by atoms with Gasteiger partial charge in [-0.1, -0.05) is 6.07 Å². The van der Waals surface area contributed by atoms with Gasteiger partial charge in [-0.25, -0.2) is 8.78 Å². The normalized spacial score (nSPS) is 19.0. The second-order valence-electron chi connectivity index (χ2n) is 6.20. The zero-order valence-electron chi connectivity index (χ0n) is 14.9. The van der Waals surface area contributed by atoms with Crippen LogP contribution in [0.4, 0.5) is 8.78 Å². The predicted octanol–water partition coefficient (Wildman–Crippen LogP) is 2.63. The molecular formula is C18H27F2N3O2. The molecule has 25 heavy (non-hydrogen) atoms. The number of hydrogen-bond donors (Lipinski definition) is 2. The van der Waals surface area contributed by atoms with E-state index in [1.807, 2.05) is 6.92 Å². The molecule has 0 radical (unpaired) electrons. The summed E-state index contributed by atoms with van der Waals surface area (Å²) in [5, 5.41) is 6.35. The number of hydrogen-bond acceptors (Lipinski definition) is 3. The van der Waals surface area contributed by atoms with E-state index in [1.165, 1.54) is 6.07 Å². The highest BCUT2D eigenvalue weighted by atomic mass is 19.2. The Morgan fingerprint density at radius 3 is 2.92 bits per heavy atom. The van der Waals surface area contributed by atoms with Gasteiger partial charge in [0.25, 0.3) is 0 Å². The van der Waals surface area contributed by atoms with Crippen molar-refractivity contribution in [3.8, 4) is 0 Å². The van der Waals surface area contributed by atoms with Crippen molar-refractivity contribution in [2.45, 2.75) is 25.8 Å². The van der Waals surface area contributed by atoms with Gasteiger partial charge in [0.15, 0.2) is 17.6 Å². The van der Waals surface area contributed by atoms with Crippen LogP contribution in [0.25, 0.3) is 0 Å². The molecule has 2 unspecified atom stereocenters. The Labute approximate surface area is 147 Å². The number of guanidine groups is 1. The Balaban J connectivity index is 1.64. The Morgan fingerprint density at radius 2 is 2.24 bits per heavy atom. The van der Waals surface area contributed by atoms with Crippen LogP contribution in [0.5, 0.6) is 0 Å². The number of rotatable bonds is 8. The molecule has 0 bridgehead atoms. The molecule has 0 aromatic heterocycles. The lowest BCUT2D eigenvalue weighted by Gasteiger charge is -2.18. The van der Waals surface area contributed by atoms with Crippen LogP contribution in [0.2, 0.25) is 0 Å². The van der Waals surface area contributed by atoms with Gasteiger partial charge in [-0.3, -0.25) is 4.99 Å².